The lowest BCUT2D eigenvalue weighted by Crippen LogP contribution is -2.26. The summed E-state index contributed by atoms with van der Waals surface area (Å²) in [5.74, 6) is 0.713. The lowest BCUT2D eigenvalue weighted by atomic mass is 10.3. The van der Waals surface area contributed by atoms with E-state index in [1.54, 1.807) is 0 Å². The van der Waals surface area contributed by atoms with Crippen LogP contribution in [0.25, 0.3) is 0 Å². The highest BCUT2D eigenvalue weighted by Crippen LogP contribution is 2.10. The van der Waals surface area contributed by atoms with Crippen LogP contribution < -0.4 is 4.90 Å². The molecule has 0 atom stereocenters. The third-order valence-electron chi connectivity index (χ3n) is 2.70. The molecule has 90 valence electrons. The standard InChI is InChI=1S/C13H21ClN2/c1-15(12-9-14)10-6-11-16(2)13-7-4-3-5-8-13/h3-5,7-8H,6,9-12H2,1-2H3. The van der Waals surface area contributed by atoms with Crippen molar-refractivity contribution >= 4 is 17.3 Å². The molecule has 0 aliphatic carbocycles. The Balaban J connectivity index is 2.23. The van der Waals surface area contributed by atoms with Crippen LogP contribution in [0.2, 0.25) is 0 Å². The van der Waals surface area contributed by atoms with Crippen molar-refractivity contribution in [3.05, 3.63) is 30.3 Å². The van der Waals surface area contributed by atoms with Crippen LogP contribution in [0.3, 0.4) is 0 Å². The van der Waals surface area contributed by atoms with Gasteiger partial charge in [-0.05, 0) is 32.1 Å². The van der Waals surface area contributed by atoms with Crippen molar-refractivity contribution in [2.75, 3.05) is 44.5 Å². The van der Waals surface area contributed by atoms with Crippen molar-refractivity contribution < 1.29 is 0 Å². The van der Waals surface area contributed by atoms with Crippen LogP contribution in [0.4, 0.5) is 5.69 Å². The molecule has 16 heavy (non-hydrogen) atoms. The highest BCUT2D eigenvalue weighted by molar-refractivity contribution is 6.18. The summed E-state index contributed by atoms with van der Waals surface area (Å²) < 4.78 is 0. The lowest BCUT2D eigenvalue weighted by Gasteiger charge is -2.21. The maximum absolute atomic E-state index is 5.68. The van der Waals surface area contributed by atoms with Gasteiger partial charge in [-0.25, -0.2) is 0 Å². The predicted molar refractivity (Wildman–Crippen MR) is 72.5 cm³/mol. The minimum Gasteiger partial charge on any atom is -0.375 e. The molecule has 0 aliphatic heterocycles. The van der Waals surface area contributed by atoms with Gasteiger partial charge in [0.05, 0.1) is 0 Å². The monoisotopic (exact) mass is 240 g/mol. The third-order valence-corrected chi connectivity index (χ3v) is 2.87. The maximum atomic E-state index is 5.68. The first-order valence-electron chi connectivity index (χ1n) is 5.74. The average molecular weight is 241 g/mol. The van der Waals surface area contributed by atoms with Crippen molar-refractivity contribution in [2.24, 2.45) is 0 Å². The highest BCUT2D eigenvalue weighted by atomic mass is 35.5. The summed E-state index contributed by atoms with van der Waals surface area (Å²) in [4.78, 5) is 4.56. The second kappa shape index (κ2) is 7.53. The van der Waals surface area contributed by atoms with Gasteiger partial charge < -0.3 is 9.80 Å². The zero-order valence-corrected chi connectivity index (χ0v) is 11.0. The van der Waals surface area contributed by atoms with Crippen molar-refractivity contribution in [3.8, 4) is 0 Å². The van der Waals surface area contributed by atoms with Gasteiger partial charge in [-0.1, -0.05) is 18.2 Å². The molecule has 0 fully saturated rings. The molecular weight excluding hydrogens is 220 g/mol. The quantitative estimate of drug-likeness (QED) is 0.677. The first kappa shape index (κ1) is 13.3. The molecule has 0 aliphatic rings. The van der Waals surface area contributed by atoms with E-state index in [0.717, 1.165) is 19.6 Å². The van der Waals surface area contributed by atoms with Crippen LogP contribution >= 0.6 is 11.6 Å². The zero-order valence-electron chi connectivity index (χ0n) is 10.2. The fourth-order valence-corrected chi connectivity index (χ4v) is 1.93. The van der Waals surface area contributed by atoms with Crippen LogP contribution in [0.1, 0.15) is 6.42 Å². The van der Waals surface area contributed by atoms with Crippen LogP contribution in [0.5, 0.6) is 0 Å². The molecule has 0 heterocycles. The summed E-state index contributed by atoms with van der Waals surface area (Å²) in [6, 6.07) is 10.5. The second-order valence-electron chi connectivity index (χ2n) is 4.10. The number of halogens is 1. The summed E-state index contributed by atoms with van der Waals surface area (Å²) in [6.45, 7) is 3.15. The number of hydrogen-bond donors (Lipinski definition) is 0. The van der Waals surface area contributed by atoms with Gasteiger partial charge in [0.15, 0.2) is 0 Å². The molecule has 0 saturated heterocycles. The minimum atomic E-state index is 0.713. The average Bonchev–Trinajstić information content (AvgIpc) is 2.30. The van der Waals surface area contributed by atoms with E-state index in [1.165, 1.54) is 12.1 Å². The van der Waals surface area contributed by atoms with Crippen molar-refractivity contribution in [1.29, 1.82) is 0 Å². The van der Waals surface area contributed by atoms with Gasteiger partial charge in [-0.3, -0.25) is 0 Å². The van der Waals surface area contributed by atoms with E-state index in [4.69, 9.17) is 11.6 Å². The Morgan fingerprint density at radius 3 is 2.31 bits per heavy atom. The number of para-hydroxylation sites is 1. The Kier molecular flexibility index (Phi) is 6.27. The predicted octanol–water partition coefficient (Wildman–Crippen LogP) is 2.68. The fourth-order valence-electron chi connectivity index (χ4n) is 1.65. The van der Waals surface area contributed by atoms with Gasteiger partial charge >= 0.3 is 0 Å². The molecule has 2 nitrogen and oxygen atoms in total. The Bertz CT molecular complexity index is 277. The van der Waals surface area contributed by atoms with Gasteiger partial charge in [0.1, 0.15) is 0 Å². The largest absolute Gasteiger partial charge is 0.375 e. The van der Waals surface area contributed by atoms with Gasteiger partial charge in [0, 0.05) is 31.7 Å². The number of rotatable bonds is 7. The van der Waals surface area contributed by atoms with E-state index in [0.29, 0.717) is 5.88 Å². The molecule has 0 aromatic heterocycles. The summed E-state index contributed by atoms with van der Waals surface area (Å²) >= 11 is 5.68. The molecule has 1 aromatic carbocycles. The molecule has 0 radical (unpaired) electrons. The minimum absolute atomic E-state index is 0.713. The Hall–Kier alpha value is -0.730. The van der Waals surface area contributed by atoms with Crippen molar-refractivity contribution in [3.63, 3.8) is 0 Å². The van der Waals surface area contributed by atoms with E-state index in [-0.39, 0.29) is 0 Å². The lowest BCUT2D eigenvalue weighted by molar-refractivity contribution is 0.350. The number of hydrogen-bond acceptors (Lipinski definition) is 2. The molecule has 1 aromatic rings. The van der Waals surface area contributed by atoms with E-state index < -0.39 is 0 Å². The molecule has 0 unspecified atom stereocenters. The fraction of sp³-hybridized carbons (Fsp3) is 0.538. The van der Waals surface area contributed by atoms with Crippen LogP contribution in [-0.4, -0.2) is 44.5 Å². The van der Waals surface area contributed by atoms with E-state index in [1.807, 2.05) is 6.07 Å². The Labute approximate surface area is 104 Å². The van der Waals surface area contributed by atoms with E-state index in [2.05, 4.69) is 48.2 Å². The number of anilines is 1. The Morgan fingerprint density at radius 1 is 1.00 bits per heavy atom. The smallest absolute Gasteiger partial charge is 0.0363 e. The summed E-state index contributed by atoms with van der Waals surface area (Å²) in [5.41, 5.74) is 1.28. The topological polar surface area (TPSA) is 6.48 Å². The Morgan fingerprint density at radius 2 is 1.69 bits per heavy atom. The first-order chi connectivity index (χ1) is 7.74. The summed E-state index contributed by atoms with van der Waals surface area (Å²) in [6.07, 6.45) is 1.17. The van der Waals surface area contributed by atoms with Gasteiger partial charge in [-0.15, -0.1) is 11.6 Å². The normalized spacial score (nSPS) is 10.8. The SMILES string of the molecule is CN(CCCl)CCCN(C)c1ccccc1. The molecular formula is C13H21ClN2. The molecule has 0 bridgehead atoms. The maximum Gasteiger partial charge on any atom is 0.0363 e. The third kappa shape index (κ3) is 4.86. The van der Waals surface area contributed by atoms with Gasteiger partial charge in [-0.2, -0.15) is 0 Å². The second-order valence-corrected chi connectivity index (χ2v) is 4.48. The summed E-state index contributed by atoms with van der Waals surface area (Å²) in [5, 5.41) is 0. The van der Waals surface area contributed by atoms with Crippen molar-refractivity contribution in [1.82, 2.24) is 4.90 Å². The van der Waals surface area contributed by atoms with Crippen LogP contribution in [-0.2, 0) is 0 Å². The first-order valence-corrected chi connectivity index (χ1v) is 6.28. The van der Waals surface area contributed by atoms with Gasteiger partial charge in [0.25, 0.3) is 0 Å². The van der Waals surface area contributed by atoms with Crippen LogP contribution in [0, 0.1) is 0 Å². The highest BCUT2D eigenvalue weighted by Gasteiger charge is 2.01. The number of nitrogens with zero attached hydrogens (tertiary/aromatic N) is 2. The van der Waals surface area contributed by atoms with Gasteiger partial charge in [0.2, 0.25) is 0 Å². The molecule has 0 saturated carbocycles. The van der Waals surface area contributed by atoms with E-state index in [9.17, 15) is 0 Å². The summed E-state index contributed by atoms with van der Waals surface area (Å²) in [7, 11) is 4.25. The molecule has 0 amide bonds. The zero-order chi connectivity index (χ0) is 11.8. The van der Waals surface area contributed by atoms with E-state index >= 15 is 0 Å². The van der Waals surface area contributed by atoms with Crippen LogP contribution in [0.15, 0.2) is 30.3 Å². The molecule has 0 spiro atoms. The van der Waals surface area contributed by atoms with Crippen molar-refractivity contribution in [2.45, 2.75) is 6.42 Å². The molecule has 0 N–H and O–H groups in total. The molecule has 1 rings (SSSR count). The number of alkyl halides is 1. The molecule has 3 heteroatoms. The number of benzene rings is 1.